The smallest absolute Gasteiger partial charge is 0.0892 e. The minimum Gasteiger partial charge on any atom is -0.393 e. The van der Waals surface area contributed by atoms with Crippen LogP contribution >= 0.6 is 0 Å². The summed E-state index contributed by atoms with van der Waals surface area (Å²) in [6, 6.07) is 0. The van der Waals surface area contributed by atoms with E-state index in [1.165, 1.54) is 57.8 Å². The quantitative estimate of drug-likeness (QED) is 0.537. The van der Waals surface area contributed by atoms with Gasteiger partial charge in [0.15, 0.2) is 0 Å². The van der Waals surface area contributed by atoms with Crippen molar-refractivity contribution in [2.45, 2.75) is 123 Å². The van der Waals surface area contributed by atoms with Gasteiger partial charge in [-0.05, 0) is 131 Å². The molecule has 2 nitrogen and oxygen atoms in total. The third-order valence-corrected chi connectivity index (χ3v) is 11.4. The monoisotopic (exact) mass is 402 g/mol. The standard InChI is InChI=1S/C27H46O2/c1-17(6-11-24-25(2,3)29-24)21-9-10-22-20-8-7-18-16-19(28)12-14-26(18,4)23(20)13-15-27(21,22)5/h17-24,28H,6-16H2,1-5H3/t17-,18?,19?,20+,21-,22+,23+,24?,26+,27-/m1/s1. The lowest BCUT2D eigenvalue weighted by molar-refractivity contribution is -0.129. The Morgan fingerprint density at radius 1 is 0.897 bits per heavy atom. The van der Waals surface area contributed by atoms with E-state index in [0.717, 1.165) is 48.3 Å². The van der Waals surface area contributed by atoms with Crippen molar-refractivity contribution in [1.82, 2.24) is 0 Å². The summed E-state index contributed by atoms with van der Waals surface area (Å²) < 4.78 is 5.87. The summed E-state index contributed by atoms with van der Waals surface area (Å²) in [6.45, 7) is 12.4. The molecule has 2 heteroatoms. The minimum atomic E-state index is -0.0179. The second-order valence-corrected chi connectivity index (χ2v) is 13.1. The Bertz CT molecular complexity index is 628. The summed E-state index contributed by atoms with van der Waals surface area (Å²) in [4.78, 5) is 0. The molecule has 3 unspecified atom stereocenters. The molecular weight excluding hydrogens is 356 g/mol. The molecule has 0 amide bonds. The molecule has 5 aliphatic rings. The first kappa shape index (κ1) is 20.8. The number of aliphatic hydroxyl groups excluding tert-OH is 1. The molecule has 1 heterocycles. The Balaban J connectivity index is 1.28. The third kappa shape index (κ3) is 3.25. The van der Waals surface area contributed by atoms with E-state index >= 15 is 0 Å². The first-order valence-corrected chi connectivity index (χ1v) is 13.0. The predicted molar refractivity (Wildman–Crippen MR) is 119 cm³/mol. The zero-order valence-electron chi connectivity index (χ0n) is 19.8. The summed E-state index contributed by atoms with van der Waals surface area (Å²) in [5, 5.41) is 10.3. The Hall–Kier alpha value is -0.0800. The fourth-order valence-corrected chi connectivity index (χ4v) is 9.57. The van der Waals surface area contributed by atoms with E-state index in [4.69, 9.17) is 4.74 Å². The topological polar surface area (TPSA) is 32.8 Å². The molecule has 0 aromatic rings. The van der Waals surface area contributed by atoms with Gasteiger partial charge in [0.25, 0.3) is 0 Å². The second kappa shape index (κ2) is 6.96. The second-order valence-electron chi connectivity index (χ2n) is 13.1. The first-order chi connectivity index (χ1) is 13.6. The molecule has 0 spiro atoms. The van der Waals surface area contributed by atoms with Crippen molar-refractivity contribution in [3.05, 3.63) is 0 Å². The van der Waals surface area contributed by atoms with Crippen LogP contribution in [0.25, 0.3) is 0 Å². The van der Waals surface area contributed by atoms with Crippen LogP contribution in [-0.2, 0) is 4.74 Å². The van der Waals surface area contributed by atoms with Gasteiger partial charge in [0, 0.05) is 0 Å². The number of rotatable bonds is 4. The molecule has 0 bridgehead atoms. The van der Waals surface area contributed by atoms with Gasteiger partial charge < -0.3 is 9.84 Å². The normalized spacial score (nSPS) is 54.2. The minimum absolute atomic E-state index is 0.0179. The Labute approximate surface area is 179 Å². The number of aliphatic hydroxyl groups is 1. The number of hydrogen-bond donors (Lipinski definition) is 1. The summed E-state index contributed by atoms with van der Waals surface area (Å²) in [7, 11) is 0. The fraction of sp³-hybridized carbons (Fsp3) is 1.00. The molecule has 4 aliphatic carbocycles. The largest absolute Gasteiger partial charge is 0.393 e. The molecule has 1 N–H and O–H groups in total. The average molecular weight is 403 g/mol. The first-order valence-electron chi connectivity index (χ1n) is 13.0. The van der Waals surface area contributed by atoms with E-state index in [9.17, 15) is 5.11 Å². The van der Waals surface area contributed by atoms with E-state index in [1.54, 1.807) is 0 Å². The number of ether oxygens (including phenoxy) is 1. The SMILES string of the molecule is C[C@H](CCC1OC1(C)C)[C@H]1CC[C@H]2[C@@H]3CCC4CC(O)CC[C@]4(C)[C@H]3CC[C@]12C. The third-order valence-electron chi connectivity index (χ3n) is 11.4. The predicted octanol–water partition coefficient (Wildman–Crippen LogP) is 6.60. The van der Waals surface area contributed by atoms with Crippen molar-refractivity contribution in [2.75, 3.05) is 0 Å². The van der Waals surface area contributed by atoms with Crippen LogP contribution in [0, 0.1) is 46.3 Å². The molecule has 0 radical (unpaired) electrons. The molecule has 10 atom stereocenters. The van der Waals surface area contributed by atoms with Crippen molar-refractivity contribution >= 4 is 0 Å². The van der Waals surface area contributed by atoms with Crippen LogP contribution in [0.1, 0.15) is 105 Å². The maximum atomic E-state index is 10.3. The molecular formula is C27H46O2. The van der Waals surface area contributed by atoms with Gasteiger partial charge in [-0.2, -0.15) is 0 Å². The Morgan fingerprint density at radius 2 is 1.59 bits per heavy atom. The van der Waals surface area contributed by atoms with Crippen LogP contribution in [0.3, 0.4) is 0 Å². The lowest BCUT2D eigenvalue weighted by atomic mass is 9.44. The molecule has 1 saturated heterocycles. The van der Waals surface area contributed by atoms with Gasteiger partial charge in [0.1, 0.15) is 0 Å². The number of fused-ring (bicyclic) bond motifs is 5. The highest BCUT2D eigenvalue weighted by Gasteiger charge is 2.60. The summed E-state index contributed by atoms with van der Waals surface area (Å²) in [5.41, 5.74) is 1.25. The molecule has 0 aromatic heterocycles. The van der Waals surface area contributed by atoms with Gasteiger partial charge in [-0.25, -0.2) is 0 Å². The summed E-state index contributed by atoms with van der Waals surface area (Å²) >= 11 is 0. The van der Waals surface area contributed by atoms with Crippen molar-refractivity contribution in [3.8, 4) is 0 Å². The van der Waals surface area contributed by atoms with Crippen LogP contribution in [0.15, 0.2) is 0 Å². The Kier molecular flexibility index (Phi) is 4.99. The van der Waals surface area contributed by atoms with E-state index < -0.39 is 0 Å². The van der Waals surface area contributed by atoms with Crippen molar-refractivity contribution in [2.24, 2.45) is 46.3 Å². The highest BCUT2D eigenvalue weighted by Crippen LogP contribution is 2.68. The maximum Gasteiger partial charge on any atom is 0.0892 e. The van der Waals surface area contributed by atoms with Crippen LogP contribution in [0.5, 0.6) is 0 Å². The molecule has 166 valence electrons. The molecule has 5 rings (SSSR count). The van der Waals surface area contributed by atoms with E-state index in [2.05, 4.69) is 34.6 Å². The van der Waals surface area contributed by atoms with Crippen molar-refractivity contribution in [1.29, 1.82) is 0 Å². The highest BCUT2D eigenvalue weighted by molar-refractivity contribution is 5.10. The average Bonchev–Trinajstić information content (AvgIpc) is 3.11. The van der Waals surface area contributed by atoms with Gasteiger partial charge in [-0.15, -0.1) is 0 Å². The van der Waals surface area contributed by atoms with E-state index in [0.29, 0.717) is 16.9 Å². The molecule has 0 aromatic carbocycles. The van der Waals surface area contributed by atoms with Gasteiger partial charge >= 0.3 is 0 Å². The zero-order valence-corrected chi connectivity index (χ0v) is 19.8. The van der Waals surface area contributed by atoms with Crippen LogP contribution < -0.4 is 0 Å². The Morgan fingerprint density at radius 3 is 2.31 bits per heavy atom. The van der Waals surface area contributed by atoms with Gasteiger partial charge in [-0.1, -0.05) is 20.8 Å². The van der Waals surface area contributed by atoms with E-state index in [1.807, 2.05) is 0 Å². The number of epoxide rings is 1. The van der Waals surface area contributed by atoms with Crippen molar-refractivity contribution in [3.63, 3.8) is 0 Å². The van der Waals surface area contributed by atoms with Gasteiger partial charge in [0.2, 0.25) is 0 Å². The van der Waals surface area contributed by atoms with E-state index in [-0.39, 0.29) is 11.7 Å². The van der Waals surface area contributed by atoms with Crippen LogP contribution in [0.4, 0.5) is 0 Å². The molecule has 5 fully saturated rings. The van der Waals surface area contributed by atoms with Crippen LogP contribution in [-0.4, -0.2) is 22.9 Å². The van der Waals surface area contributed by atoms with Crippen molar-refractivity contribution < 1.29 is 9.84 Å². The number of hydrogen-bond acceptors (Lipinski definition) is 2. The van der Waals surface area contributed by atoms with Crippen LogP contribution in [0.2, 0.25) is 0 Å². The molecule has 29 heavy (non-hydrogen) atoms. The lowest BCUT2D eigenvalue weighted by Crippen LogP contribution is -2.54. The van der Waals surface area contributed by atoms with Gasteiger partial charge in [0.05, 0.1) is 17.8 Å². The molecule has 4 saturated carbocycles. The fourth-order valence-electron chi connectivity index (χ4n) is 9.57. The highest BCUT2D eigenvalue weighted by atomic mass is 16.6. The summed E-state index contributed by atoms with van der Waals surface area (Å²) in [5.74, 6) is 5.42. The summed E-state index contributed by atoms with van der Waals surface area (Å²) in [6.07, 6.45) is 15.2. The van der Waals surface area contributed by atoms with Gasteiger partial charge in [-0.3, -0.25) is 0 Å². The maximum absolute atomic E-state index is 10.3. The molecule has 1 aliphatic heterocycles. The lowest BCUT2D eigenvalue weighted by Gasteiger charge is -2.61. The zero-order chi connectivity index (χ0) is 20.6.